The smallest absolute Gasteiger partial charge is 0.308 e. The summed E-state index contributed by atoms with van der Waals surface area (Å²) in [4.78, 5) is 37.7. The van der Waals surface area contributed by atoms with Crippen molar-refractivity contribution in [2.75, 3.05) is 19.7 Å². The Balaban J connectivity index is 1.46. The second-order valence-electron chi connectivity index (χ2n) is 7.11. The highest BCUT2D eigenvalue weighted by Gasteiger charge is 2.24. The number of benzene rings is 2. The van der Waals surface area contributed by atoms with Gasteiger partial charge in [0.15, 0.2) is 6.61 Å². The Hall–Kier alpha value is -2.77. The molecule has 1 aliphatic heterocycles. The molecule has 31 heavy (non-hydrogen) atoms. The summed E-state index contributed by atoms with van der Waals surface area (Å²) in [6.45, 7) is 2.20. The number of rotatable bonds is 6. The van der Waals surface area contributed by atoms with E-state index in [1.807, 2.05) is 0 Å². The first-order chi connectivity index (χ1) is 14.8. The molecule has 1 aliphatic rings. The molecule has 0 aromatic heterocycles. The van der Waals surface area contributed by atoms with Gasteiger partial charge in [-0.2, -0.15) is 0 Å². The maximum absolute atomic E-state index is 12.5. The number of likely N-dealkylation sites (tertiary alicyclic amines) is 1. The van der Waals surface area contributed by atoms with E-state index in [1.54, 1.807) is 41.3 Å². The van der Waals surface area contributed by atoms with Crippen LogP contribution >= 0.6 is 23.2 Å². The Morgan fingerprint density at radius 1 is 1.10 bits per heavy atom. The zero-order valence-corrected chi connectivity index (χ0v) is 18.4. The Bertz CT molecular complexity index is 974. The van der Waals surface area contributed by atoms with Crippen LogP contribution in [0.3, 0.4) is 0 Å². The molecule has 2 aromatic carbocycles. The summed E-state index contributed by atoms with van der Waals surface area (Å²) in [6, 6.07) is 11.2. The van der Waals surface area contributed by atoms with Crippen LogP contribution in [0.5, 0.6) is 11.5 Å². The third kappa shape index (κ3) is 6.60. The van der Waals surface area contributed by atoms with Crippen molar-refractivity contribution < 1.29 is 23.9 Å². The first-order valence-corrected chi connectivity index (χ1v) is 10.5. The van der Waals surface area contributed by atoms with Gasteiger partial charge < -0.3 is 19.7 Å². The van der Waals surface area contributed by atoms with E-state index < -0.39 is 5.97 Å². The highest BCUT2D eigenvalue weighted by molar-refractivity contribution is 6.35. The lowest BCUT2D eigenvalue weighted by Crippen LogP contribution is -2.47. The highest BCUT2D eigenvalue weighted by Crippen LogP contribution is 2.27. The monoisotopic (exact) mass is 464 g/mol. The van der Waals surface area contributed by atoms with Crippen LogP contribution in [0.1, 0.15) is 30.1 Å². The molecule has 9 heteroatoms. The van der Waals surface area contributed by atoms with Crippen LogP contribution in [0.15, 0.2) is 42.5 Å². The number of hydrogen-bond acceptors (Lipinski definition) is 5. The predicted molar refractivity (Wildman–Crippen MR) is 117 cm³/mol. The molecule has 0 bridgehead atoms. The van der Waals surface area contributed by atoms with Crippen molar-refractivity contribution >= 4 is 41.0 Å². The van der Waals surface area contributed by atoms with Gasteiger partial charge in [0.25, 0.3) is 11.8 Å². The van der Waals surface area contributed by atoms with Crippen molar-refractivity contribution in [3.63, 3.8) is 0 Å². The van der Waals surface area contributed by atoms with Gasteiger partial charge in [-0.1, -0.05) is 29.3 Å². The molecule has 1 saturated heterocycles. The van der Waals surface area contributed by atoms with Crippen LogP contribution in [-0.2, 0) is 9.59 Å². The van der Waals surface area contributed by atoms with E-state index >= 15 is 0 Å². The summed E-state index contributed by atoms with van der Waals surface area (Å²) in [5.74, 6) is -0.125. The van der Waals surface area contributed by atoms with Gasteiger partial charge >= 0.3 is 5.97 Å². The highest BCUT2D eigenvalue weighted by atomic mass is 35.5. The lowest BCUT2D eigenvalue weighted by atomic mass is 10.0. The minimum atomic E-state index is -0.447. The normalized spacial score (nSPS) is 14.1. The molecule has 1 fully saturated rings. The van der Waals surface area contributed by atoms with E-state index in [0.717, 1.165) is 0 Å². The molecule has 0 unspecified atom stereocenters. The first kappa shape index (κ1) is 22.9. The van der Waals surface area contributed by atoms with Gasteiger partial charge in [0, 0.05) is 36.6 Å². The number of piperidine rings is 1. The van der Waals surface area contributed by atoms with Crippen molar-refractivity contribution in [3.05, 3.63) is 58.1 Å². The van der Waals surface area contributed by atoms with E-state index in [4.69, 9.17) is 32.7 Å². The summed E-state index contributed by atoms with van der Waals surface area (Å²) in [6.07, 6.45) is 1.26. The Morgan fingerprint density at radius 2 is 1.84 bits per heavy atom. The fraction of sp³-hybridized carbons (Fsp3) is 0.318. The number of nitrogens with one attached hydrogen (secondary N) is 1. The van der Waals surface area contributed by atoms with E-state index in [1.165, 1.54) is 13.0 Å². The number of hydrogen-bond donors (Lipinski definition) is 1. The van der Waals surface area contributed by atoms with Gasteiger partial charge in [-0.25, -0.2) is 0 Å². The van der Waals surface area contributed by atoms with Crippen LogP contribution in [0.25, 0.3) is 0 Å². The van der Waals surface area contributed by atoms with Gasteiger partial charge in [-0.05, 0) is 49.2 Å². The lowest BCUT2D eigenvalue weighted by molar-refractivity contribution is -0.134. The summed E-state index contributed by atoms with van der Waals surface area (Å²) in [7, 11) is 0. The molecule has 164 valence electrons. The zero-order chi connectivity index (χ0) is 22.4. The number of esters is 1. The summed E-state index contributed by atoms with van der Waals surface area (Å²) < 4.78 is 10.5. The van der Waals surface area contributed by atoms with Crippen LogP contribution < -0.4 is 14.8 Å². The number of amides is 2. The van der Waals surface area contributed by atoms with Crippen molar-refractivity contribution in [2.45, 2.75) is 25.8 Å². The molecular formula is C22H22Cl2N2O5. The Labute approximate surface area is 190 Å². The fourth-order valence-electron chi connectivity index (χ4n) is 3.23. The molecule has 7 nitrogen and oxygen atoms in total. The predicted octanol–water partition coefficient (Wildman–Crippen LogP) is 3.72. The molecule has 3 rings (SSSR count). The molecule has 0 radical (unpaired) electrons. The molecule has 1 N–H and O–H groups in total. The van der Waals surface area contributed by atoms with Gasteiger partial charge in [-0.15, -0.1) is 0 Å². The number of halogens is 2. The lowest BCUT2D eigenvalue weighted by Gasteiger charge is -2.32. The zero-order valence-electron chi connectivity index (χ0n) is 16.9. The largest absolute Gasteiger partial charge is 0.482 e. The van der Waals surface area contributed by atoms with Crippen molar-refractivity contribution in [2.24, 2.45) is 0 Å². The fourth-order valence-corrected chi connectivity index (χ4v) is 3.69. The van der Waals surface area contributed by atoms with Gasteiger partial charge in [0.05, 0.1) is 5.02 Å². The number of nitrogens with zero attached hydrogens (tertiary/aromatic N) is 1. The average Bonchev–Trinajstić information content (AvgIpc) is 2.73. The van der Waals surface area contributed by atoms with Crippen LogP contribution in [0, 0.1) is 0 Å². The van der Waals surface area contributed by atoms with Crippen molar-refractivity contribution in [1.29, 1.82) is 0 Å². The summed E-state index contributed by atoms with van der Waals surface area (Å²) in [5, 5.41) is 3.81. The molecule has 0 spiro atoms. The first-order valence-electron chi connectivity index (χ1n) is 9.77. The summed E-state index contributed by atoms with van der Waals surface area (Å²) in [5.41, 5.74) is 0.408. The van der Waals surface area contributed by atoms with Crippen LogP contribution in [0.2, 0.25) is 10.0 Å². The molecule has 2 aromatic rings. The van der Waals surface area contributed by atoms with Gasteiger partial charge in [0.1, 0.15) is 11.5 Å². The van der Waals surface area contributed by atoms with E-state index in [0.29, 0.717) is 53.0 Å². The third-order valence-corrected chi connectivity index (χ3v) is 5.32. The average molecular weight is 465 g/mol. The maximum Gasteiger partial charge on any atom is 0.308 e. The van der Waals surface area contributed by atoms with E-state index in [2.05, 4.69) is 5.32 Å². The molecule has 2 amide bonds. The molecule has 0 saturated carbocycles. The number of carbonyl (C=O) groups excluding carboxylic acids is 3. The van der Waals surface area contributed by atoms with Crippen LogP contribution in [-0.4, -0.2) is 48.4 Å². The molecule has 1 heterocycles. The standard InChI is InChI=1S/C22H22Cl2N2O5/c1-14(27)31-18-4-2-3-15(11-18)22(29)25-17-7-9-26(10-8-17)21(28)13-30-20-6-5-16(23)12-19(20)24/h2-6,11-12,17H,7-10,13H2,1H3,(H,25,29). The minimum Gasteiger partial charge on any atom is -0.482 e. The second kappa shape index (κ2) is 10.5. The number of ether oxygens (including phenoxy) is 2. The van der Waals surface area contributed by atoms with Crippen molar-refractivity contribution in [3.8, 4) is 11.5 Å². The van der Waals surface area contributed by atoms with E-state index in [9.17, 15) is 14.4 Å². The Kier molecular flexibility index (Phi) is 7.76. The third-order valence-electron chi connectivity index (χ3n) is 4.79. The second-order valence-corrected chi connectivity index (χ2v) is 7.96. The SMILES string of the molecule is CC(=O)Oc1cccc(C(=O)NC2CCN(C(=O)COc3ccc(Cl)cc3Cl)CC2)c1. The summed E-state index contributed by atoms with van der Waals surface area (Å²) >= 11 is 11.9. The van der Waals surface area contributed by atoms with Gasteiger partial charge in [0.2, 0.25) is 0 Å². The van der Waals surface area contributed by atoms with Crippen molar-refractivity contribution in [1.82, 2.24) is 10.2 Å². The Morgan fingerprint density at radius 3 is 2.52 bits per heavy atom. The maximum atomic E-state index is 12.5. The van der Waals surface area contributed by atoms with Gasteiger partial charge in [-0.3, -0.25) is 14.4 Å². The number of carbonyl (C=O) groups is 3. The van der Waals surface area contributed by atoms with Crippen LogP contribution in [0.4, 0.5) is 0 Å². The molecular weight excluding hydrogens is 443 g/mol. The van der Waals surface area contributed by atoms with E-state index in [-0.39, 0.29) is 24.5 Å². The quantitative estimate of drug-likeness (QED) is 0.520. The topological polar surface area (TPSA) is 84.9 Å². The molecule has 0 atom stereocenters. The minimum absolute atomic E-state index is 0.0550. The molecule has 0 aliphatic carbocycles.